The van der Waals surface area contributed by atoms with Gasteiger partial charge in [-0.3, -0.25) is 19.0 Å². The molecule has 11 heteroatoms. The molecule has 3 aromatic heterocycles. The lowest BCUT2D eigenvalue weighted by Gasteiger charge is -2.31. The molecular formula is C21H26N6O3S2. The van der Waals surface area contributed by atoms with Crippen molar-refractivity contribution in [2.75, 3.05) is 24.5 Å². The lowest BCUT2D eigenvalue weighted by atomic mass is 9.97. The minimum Gasteiger partial charge on any atom is -0.356 e. The smallest absolute Gasteiger partial charge is 0.273 e. The highest BCUT2D eigenvalue weighted by atomic mass is 32.1. The fourth-order valence-corrected chi connectivity index (χ4v) is 5.30. The van der Waals surface area contributed by atoms with Crippen LogP contribution >= 0.6 is 22.7 Å². The Balaban J connectivity index is 1.45. The van der Waals surface area contributed by atoms with Crippen LogP contribution in [0.4, 0.5) is 5.13 Å². The number of piperidine rings is 1. The lowest BCUT2D eigenvalue weighted by molar-refractivity contribution is -0.125. The number of amides is 2. The minimum atomic E-state index is -0.278. The molecule has 2 amide bonds. The third kappa shape index (κ3) is 5.16. The van der Waals surface area contributed by atoms with Gasteiger partial charge in [0, 0.05) is 24.5 Å². The Hall–Kier alpha value is -2.79. The predicted molar refractivity (Wildman–Crippen MR) is 126 cm³/mol. The van der Waals surface area contributed by atoms with Gasteiger partial charge >= 0.3 is 0 Å². The van der Waals surface area contributed by atoms with E-state index in [-0.39, 0.29) is 29.8 Å². The van der Waals surface area contributed by atoms with Crippen LogP contribution in [0.2, 0.25) is 0 Å². The van der Waals surface area contributed by atoms with E-state index in [1.807, 2.05) is 24.4 Å². The summed E-state index contributed by atoms with van der Waals surface area (Å²) in [5.41, 5.74) is 0.0991. The summed E-state index contributed by atoms with van der Waals surface area (Å²) in [4.78, 5) is 49.5. The fraction of sp³-hybridized carbons (Fsp3) is 0.476. The van der Waals surface area contributed by atoms with Crippen LogP contribution in [0.3, 0.4) is 0 Å². The maximum absolute atomic E-state index is 12.9. The molecule has 1 aliphatic heterocycles. The number of carbonyl (C=O) groups excluding carboxylic acids is 2. The van der Waals surface area contributed by atoms with Crippen LogP contribution in [0.15, 0.2) is 28.6 Å². The van der Waals surface area contributed by atoms with Crippen molar-refractivity contribution in [1.82, 2.24) is 25.2 Å². The normalized spacial score (nSPS) is 16.3. The lowest BCUT2D eigenvalue weighted by Crippen LogP contribution is -2.43. The molecule has 1 fully saturated rings. The zero-order valence-electron chi connectivity index (χ0n) is 17.9. The van der Waals surface area contributed by atoms with Crippen molar-refractivity contribution < 1.29 is 9.59 Å². The molecule has 0 unspecified atom stereocenters. The van der Waals surface area contributed by atoms with Crippen molar-refractivity contribution in [3.8, 4) is 0 Å². The standard InChI is InChI=1S/C21H26N6O3S2/c1-2-7-22-19(29)14-5-3-8-26(11-14)21-25-18-17(32-21)20(30)27(13-24-18)12-16(28)23-10-15-6-4-9-31-15/h4,6,9,13-14H,2-3,5,7-8,10-12H2,1H3,(H,22,29)(H,23,28)/t14-/m0/s1. The quantitative estimate of drug-likeness (QED) is 0.517. The molecule has 0 aromatic carbocycles. The Morgan fingerprint density at radius 2 is 2.19 bits per heavy atom. The molecule has 0 radical (unpaired) electrons. The molecule has 2 N–H and O–H groups in total. The molecule has 0 saturated carbocycles. The van der Waals surface area contributed by atoms with E-state index in [9.17, 15) is 14.4 Å². The van der Waals surface area contributed by atoms with Crippen LogP contribution < -0.4 is 21.1 Å². The van der Waals surface area contributed by atoms with Gasteiger partial charge in [0.05, 0.1) is 12.5 Å². The highest BCUT2D eigenvalue weighted by Crippen LogP contribution is 2.29. The monoisotopic (exact) mass is 474 g/mol. The van der Waals surface area contributed by atoms with Gasteiger partial charge in [-0.05, 0) is 30.7 Å². The first-order valence-electron chi connectivity index (χ1n) is 10.7. The van der Waals surface area contributed by atoms with Crippen molar-refractivity contribution in [3.63, 3.8) is 0 Å². The maximum atomic E-state index is 12.9. The van der Waals surface area contributed by atoms with Gasteiger partial charge < -0.3 is 15.5 Å². The van der Waals surface area contributed by atoms with Crippen LogP contribution in [0, 0.1) is 5.92 Å². The number of aromatic nitrogens is 3. The van der Waals surface area contributed by atoms with Crippen LogP contribution in [-0.2, 0) is 22.7 Å². The van der Waals surface area contributed by atoms with Gasteiger partial charge in [0.2, 0.25) is 11.8 Å². The maximum Gasteiger partial charge on any atom is 0.273 e. The number of hydrogen-bond acceptors (Lipinski definition) is 8. The average molecular weight is 475 g/mol. The molecule has 0 spiro atoms. The molecule has 1 aliphatic rings. The summed E-state index contributed by atoms with van der Waals surface area (Å²) in [6, 6.07) is 3.88. The number of nitrogens with one attached hydrogen (secondary N) is 2. The molecular weight excluding hydrogens is 448 g/mol. The molecule has 0 aliphatic carbocycles. The molecule has 0 bridgehead atoms. The predicted octanol–water partition coefficient (Wildman–Crippen LogP) is 1.97. The Bertz CT molecular complexity index is 1140. The molecule has 1 atom stereocenters. The molecule has 4 rings (SSSR count). The molecule has 4 heterocycles. The van der Waals surface area contributed by atoms with Gasteiger partial charge in [0.15, 0.2) is 10.8 Å². The van der Waals surface area contributed by atoms with E-state index in [0.717, 1.165) is 30.7 Å². The van der Waals surface area contributed by atoms with E-state index < -0.39 is 0 Å². The zero-order valence-corrected chi connectivity index (χ0v) is 19.5. The Morgan fingerprint density at radius 1 is 1.31 bits per heavy atom. The Kier molecular flexibility index (Phi) is 7.15. The number of anilines is 1. The third-order valence-corrected chi connectivity index (χ3v) is 7.31. The summed E-state index contributed by atoms with van der Waals surface area (Å²) in [5.74, 6) is -0.256. The summed E-state index contributed by atoms with van der Waals surface area (Å²) < 4.78 is 1.73. The number of fused-ring (bicyclic) bond motifs is 1. The zero-order chi connectivity index (χ0) is 22.5. The average Bonchev–Trinajstić information content (AvgIpc) is 3.48. The summed E-state index contributed by atoms with van der Waals surface area (Å²) in [6.45, 7) is 4.42. The van der Waals surface area contributed by atoms with Gasteiger partial charge in [-0.25, -0.2) is 4.98 Å². The van der Waals surface area contributed by atoms with Crippen LogP contribution in [0.25, 0.3) is 10.3 Å². The highest BCUT2D eigenvalue weighted by Gasteiger charge is 2.27. The Labute approximate surface area is 193 Å². The summed E-state index contributed by atoms with van der Waals surface area (Å²) in [7, 11) is 0. The third-order valence-electron chi connectivity index (χ3n) is 5.34. The van der Waals surface area contributed by atoms with Crippen molar-refractivity contribution in [3.05, 3.63) is 39.1 Å². The van der Waals surface area contributed by atoms with E-state index in [1.165, 1.54) is 22.2 Å². The fourth-order valence-electron chi connectivity index (χ4n) is 3.65. The van der Waals surface area contributed by atoms with Gasteiger partial charge in [-0.15, -0.1) is 11.3 Å². The van der Waals surface area contributed by atoms with Crippen molar-refractivity contribution >= 4 is 50.0 Å². The minimum absolute atomic E-state index is 0.0757. The molecule has 1 saturated heterocycles. The first-order valence-corrected chi connectivity index (χ1v) is 12.4. The second-order valence-electron chi connectivity index (χ2n) is 7.76. The van der Waals surface area contributed by atoms with Crippen molar-refractivity contribution in [1.29, 1.82) is 0 Å². The summed E-state index contributed by atoms with van der Waals surface area (Å²) in [5, 5.41) is 8.43. The molecule has 32 heavy (non-hydrogen) atoms. The van der Waals surface area contributed by atoms with Crippen LogP contribution in [0.5, 0.6) is 0 Å². The number of thiazole rings is 1. The van der Waals surface area contributed by atoms with Gasteiger partial charge in [-0.2, -0.15) is 4.98 Å². The molecule has 9 nitrogen and oxygen atoms in total. The first-order chi connectivity index (χ1) is 15.5. The topological polar surface area (TPSA) is 109 Å². The number of nitrogens with zero attached hydrogens (tertiary/aromatic N) is 4. The van der Waals surface area contributed by atoms with Crippen LogP contribution in [-0.4, -0.2) is 46.0 Å². The van der Waals surface area contributed by atoms with Gasteiger partial charge in [0.1, 0.15) is 17.6 Å². The number of thiophene rings is 1. The van der Waals surface area contributed by atoms with E-state index in [1.54, 1.807) is 11.3 Å². The van der Waals surface area contributed by atoms with Crippen molar-refractivity contribution in [2.24, 2.45) is 5.92 Å². The van der Waals surface area contributed by atoms with E-state index >= 15 is 0 Å². The first kappa shape index (κ1) is 22.4. The number of rotatable bonds is 8. The molecule has 3 aromatic rings. The number of carbonyl (C=O) groups is 2. The van der Waals surface area contributed by atoms with Crippen LogP contribution in [0.1, 0.15) is 31.1 Å². The number of hydrogen-bond donors (Lipinski definition) is 2. The second-order valence-corrected chi connectivity index (χ2v) is 9.77. The van der Waals surface area contributed by atoms with Gasteiger partial charge in [0.25, 0.3) is 5.56 Å². The summed E-state index contributed by atoms with van der Waals surface area (Å²) >= 11 is 2.84. The van der Waals surface area contributed by atoms with Crippen molar-refractivity contribution in [2.45, 2.75) is 39.3 Å². The second kappa shape index (κ2) is 10.2. The summed E-state index contributed by atoms with van der Waals surface area (Å²) in [6.07, 6.45) is 4.02. The van der Waals surface area contributed by atoms with E-state index in [2.05, 4.69) is 25.5 Å². The molecule has 170 valence electrons. The highest BCUT2D eigenvalue weighted by molar-refractivity contribution is 7.22. The largest absolute Gasteiger partial charge is 0.356 e. The van der Waals surface area contributed by atoms with E-state index in [4.69, 9.17) is 0 Å². The Morgan fingerprint density at radius 3 is 2.97 bits per heavy atom. The van der Waals surface area contributed by atoms with Gasteiger partial charge in [-0.1, -0.05) is 24.3 Å². The van der Waals surface area contributed by atoms with E-state index in [0.29, 0.717) is 35.1 Å². The SMILES string of the molecule is CCCNC(=O)[C@H]1CCCN(c2nc3ncn(CC(=O)NCc4cccs4)c(=O)c3s2)C1.